The molecule has 0 aliphatic carbocycles. The SMILES string of the molecule is CCN1CCCN(C)CCCC2=C[C@H](C)c3c(cc(OC)cc3OC)CN2C1=O.Cc1ccc(C)c(NC=O)c1.[HH]. The standard InChI is InChI=1S/C23H35N3O3.C9H11NO.H2/c1-6-25-12-8-11-24(3)10-7-9-19-13-17(2)22-18(16-26(19)23(25)27)14-20(28-4)15-21(22)29-5;1-7-3-4-8(2)9(5-7)10-6-11;/h13-15,17H,6-12,16H2,1-5H3;3-6H,1-2H3,(H,10,11);1H/t17-;;/m0../s1. The third kappa shape index (κ3) is 7.78. The Morgan fingerprint density at radius 3 is 2.50 bits per heavy atom. The number of allylic oxidation sites excluding steroid dienone is 2. The van der Waals surface area contributed by atoms with Crippen molar-refractivity contribution in [3.05, 3.63) is 64.4 Å². The molecular weight excluding hydrogens is 504 g/mol. The van der Waals surface area contributed by atoms with Crippen LogP contribution in [-0.4, -0.2) is 74.6 Å². The van der Waals surface area contributed by atoms with E-state index in [0.29, 0.717) is 13.0 Å². The number of ether oxygens (including phenoxy) is 2. The summed E-state index contributed by atoms with van der Waals surface area (Å²) in [5.74, 6) is 1.75. The molecule has 2 aliphatic rings. The molecule has 4 rings (SSSR count). The smallest absolute Gasteiger partial charge is 0.324 e. The first-order chi connectivity index (χ1) is 19.2. The monoisotopic (exact) mass is 552 g/mol. The van der Waals surface area contributed by atoms with Crippen molar-refractivity contribution in [1.82, 2.24) is 14.7 Å². The molecule has 0 spiro atoms. The van der Waals surface area contributed by atoms with Gasteiger partial charge in [0.25, 0.3) is 0 Å². The van der Waals surface area contributed by atoms with E-state index in [4.69, 9.17) is 9.47 Å². The second-order valence-electron chi connectivity index (χ2n) is 10.6. The highest BCUT2D eigenvalue weighted by molar-refractivity contribution is 5.77. The minimum absolute atomic E-state index is 0. The van der Waals surface area contributed by atoms with Crippen molar-refractivity contribution < 1.29 is 20.5 Å². The van der Waals surface area contributed by atoms with E-state index in [1.54, 1.807) is 14.2 Å². The number of nitrogens with zero attached hydrogens (tertiary/aromatic N) is 3. The summed E-state index contributed by atoms with van der Waals surface area (Å²) < 4.78 is 11.2. The number of anilines is 1. The van der Waals surface area contributed by atoms with Crippen LogP contribution in [-0.2, 0) is 11.3 Å². The van der Waals surface area contributed by atoms with Crippen molar-refractivity contribution in [3.8, 4) is 11.5 Å². The summed E-state index contributed by atoms with van der Waals surface area (Å²) in [6.45, 7) is 12.3. The van der Waals surface area contributed by atoms with Gasteiger partial charge in [0.05, 0.1) is 20.8 Å². The number of carbonyl (C=O) groups is 2. The van der Waals surface area contributed by atoms with E-state index in [2.05, 4.69) is 37.2 Å². The van der Waals surface area contributed by atoms with Crippen molar-refractivity contribution in [2.45, 2.75) is 59.4 Å². The number of amides is 3. The lowest BCUT2D eigenvalue weighted by Crippen LogP contribution is -2.42. The van der Waals surface area contributed by atoms with Gasteiger partial charge in [-0.2, -0.15) is 0 Å². The molecule has 1 N–H and O–H groups in total. The Balaban J connectivity index is 0.000000413. The molecule has 1 saturated heterocycles. The predicted octanol–water partition coefficient (Wildman–Crippen LogP) is 6.18. The third-order valence-electron chi connectivity index (χ3n) is 7.66. The summed E-state index contributed by atoms with van der Waals surface area (Å²) in [6.07, 6.45) is 5.89. The first kappa shape index (κ1) is 31.0. The van der Waals surface area contributed by atoms with Crippen molar-refractivity contribution in [2.75, 3.05) is 52.8 Å². The molecule has 0 saturated carbocycles. The number of hydrogen-bond acceptors (Lipinski definition) is 5. The van der Waals surface area contributed by atoms with Crippen LogP contribution in [0.25, 0.3) is 0 Å². The summed E-state index contributed by atoms with van der Waals surface area (Å²) in [7, 11) is 5.53. The van der Waals surface area contributed by atoms with E-state index in [0.717, 1.165) is 90.6 Å². The minimum atomic E-state index is 0. The average molecular weight is 553 g/mol. The largest absolute Gasteiger partial charge is 0.497 e. The molecule has 2 aromatic carbocycles. The van der Waals surface area contributed by atoms with Gasteiger partial charge in [-0.15, -0.1) is 0 Å². The highest BCUT2D eigenvalue weighted by Gasteiger charge is 2.30. The van der Waals surface area contributed by atoms with Gasteiger partial charge >= 0.3 is 6.03 Å². The number of hydrogen-bond donors (Lipinski definition) is 1. The second-order valence-corrected chi connectivity index (χ2v) is 10.6. The average Bonchev–Trinajstić information content (AvgIpc) is 3.09. The Kier molecular flexibility index (Phi) is 11.4. The van der Waals surface area contributed by atoms with Crippen LogP contribution in [0.4, 0.5) is 10.5 Å². The molecule has 0 bridgehead atoms. The fourth-order valence-electron chi connectivity index (χ4n) is 5.42. The van der Waals surface area contributed by atoms with Gasteiger partial charge in [-0.25, -0.2) is 4.79 Å². The normalized spacial score (nSPS) is 18.1. The van der Waals surface area contributed by atoms with Gasteiger partial charge in [-0.1, -0.05) is 25.1 Å². The topological polar surface area (TPSA) is 74.3 Å². The fourth-order valence-corrected chi connectivity index (χ4v) is 5.42. The zero-order valence-electron chi connectivity index (χ0n) is 25.3. The summed E-state index contributed by atoms with van der Waals surface area (Å²) >= 11 is 0. The number of fused-ring (bicyclic) bond motifs is 2. The minimum Gasteiger partial charge on any atom is -0.497 e. The van der Waals surface area contributed by atoms with Gasteiger partial charge in [-0.3, -0.25) is 9.69 Å². The summed E-state index contributed by atoms with van der Waals surface area (Å²) in [4.78, 5) is 30.0. The molecule has 2 heterocycles. The summed E-state index contributed by atoms with van der Waals surface area (Å²) in [5, 5.41) is 2.64. The Morgan fingerprint density at radius 2 is 1.82 bits per heavy atom. The lowest BCUT2D eigenvalue weighted by Gasteiger charge is -2.31. The van der Waals surface area contributed by atoms with Crippen LogP contribution in [0.2, 0.25) is 0 Å². The van der Waals surface area contributed by atoms with Crippen LogP contribution >= 0.6 is 0 Å². The number of methoxy groups -OCH3 is 2. The fraction of sp³-hybridized carbons (Fsp3) is 0.500. The van der Waals surface area contributed by atoms with Gasteiger partial charge < -0.3 is 24.6 Å². The number of aryl methyl sites for hydroxylation is 2. The van der Waals surface area contributed by atoms with Crippen LogP contribution in [0.15, 0.2) is 42.1 Å². The quantitative estimate of drug-likeness (QED) is 0.448. The van der Waals surface area contributed by atoms with E-state index >= 15 is 0 Å². The number of nitrogens with one attached hydrogen (secondary N) is 1. The first-order valence-electron chi connectivity index (χ1n) is 14.2. The number of rotatable bonds is 5. The maximum absolute atomic E-state index is 13.5. The van der Waals surface area contributed by atoms with Gasteiger partial charge in [-0.05, 0) is 89.0 Å². The van der Waals surface area contributed by atoms with Crippen molar-refractivity contribution in [2.24, 2.45) is 0 Å². The van der Waals surface area contributed by atoms with Crippen LogP contribution in [0.1, 0.15) is 62.7 Å². The molecule has 8 nitrogen and oxygen atoms in total. The lowest BCUT2D eigenvalue weighted by atomic mass is 9.94. The molecule has 8 heteroatoms. The molecule has 0 unspecified atom stereocenters. The maximum Gasteiger partial charge on any atom is 0.324 e. The first-order valence-corrected chi connectivity index (χ1v) is 14.2. The van der Waals surface area contributed by atoms with E-state index < -0.39 is 0 Å². The van der Waals surface area contributed by atoms with E-state index in [9.17, 15) is 9.59 Å². The predicted molar refractivity (Wildman–Crippen MR) is 163 cm³/mol. The third-order valence-corrected chi connectivity index (χ3v) is 7.66. The molecule has 0 aromatic heterocycles. The highest BCUT2D eigenvalue weighted by atomic mass is 16.5. The van der Waals surface area contributed by atoms with Crippen LogP contribution < -0.4 is 14.8 Å². The number of benzene rings is 2. The highest BCUT2D eigenvalue weighted by Crippen LogP contribution is 2.39. The zero-order valence-corrected chi connectivity index (χ0v) is 25.3. The van der Waals surface area contributed by atoms with Gasteiger partial charge in [0.2, 0.25) is 6.41 Å². The molecule has 2 aliphatic heterocycles. The van der Waals surface area contributed by atoms with Crippen molar-refractivity contribution in [1.29, 1.82) is 0 Å². The molecule has 2 aromatic rings. The second kappa shape index (κ2) is 14.7. The molecule has 220 valence electrons. The molecular formula is C32H48N4O4. The molecule has 3 amide bonds. The molecule has 1 atom stereocenters. The lowest BCUT2D eigenvalue weighted by molar-refractivity contribution is -0.105. The van der Waals surface area contributed by atoms with Gasteiger partial charge in [0.15, 0.2) is 0 Å². The van der Waals surface area contributed by atoms with E-state index in [-0.39, 0.29) is 13.4 Å². The van der Waals surface area contributed by atoms with E-state index in [1.165, 1.54) is 0 Å². The zero-order chi connectivity index (χ0) is 29.2. The van der Waals surface area contributed by atoms with Crippen LogP contribution in [0.5, 0.6) is 11.5 Å². The number of urea groups is 1. The van der Waals surface area contributed by atoms with Crippen LogP contribution in [0.3, 0.4) is 0 Å². The molecule has 1 fully saturated rings. The maximum atomic E-state index is 13.5. The Bertz CT molecular complexity index is 1200. The summed E-state index contributed by atoms with van der Waals surface area (Å²) in [6, 6.07) is 10.0. The van der Waals surface area contributed by atoms with Gasteiger partial charge in [0.1, 0.15) is 11.5 Å². The summed E-state index contributed by atoms with van der Waals surface area (Å²) in [5.41, 5.74) is 6.49. The Morgan fingerprint density at radius 1 is 1.07 bits per heavy atom. The van der Waals surface area contributed by atoms with Crippen molar-refractivity contribution in [3.63, 3.8) is 0 Å². The van der Waals surface area contributed by atoms with Crippen LogP contribution in [0, 0.1) is 13.8 Å². The van der Waals surface area contributed by atoms with Gasteiger partial charge in [0, 0.05) is 43.4 Å². The number of carbonyl (C=O) groups excluding carboxylic acids is 2. The molecule has 40 heavy (non-hydrogen) atoms. The van der Waals surface area contributed by atoms with E-state index in [1.807, 2.05) is 54.0 Å². The van der Waals surface area contributed by atoms with Crippen molar-refractivity contribution >= 4 is 18.1 Å². The Labute approximate surface area is 241 Å². The molecule has 0 radical (unpaired) electrons. The Hall–Kier alpha value is -3.52.